The van der Waals surface area contributed by atoms with Crippen molar-refractivity contribution < 1.29 is 18.5 Å². The molecule has 2 aromatic rings. The van der Waals surface area contributed by atoms with Gasteiger partial charge in [0, 0.05) is 38.7 Å². The van der Waals surface area contributed by atoms with Gasteiger partial charge in [-0.15, -0.1) is 0 Å². The number of carbonyl (C=O) groups is 2. The van der Waals surface area contributed by atoms with Crippen molar-refractivity contribution >= 4 is 11.8 Å². The van der Waals surface area contributed by atoms with Gasteiger partial charge >= 0.3 is 0 Å². The third-order valence-corrected chi connectivity index (χ3v) is 5.95. The predicted octanol–water partition coefficient (Wildman–Crippen LogP) is 2.04. The minimum atomic E-state index is -0.551. The molecule has 2 amide bonds. The van der Waals surface area contributed by atoms with Crippen LogP contribution in [0.1, 0.15) is 41.8 Å². The number of hydrogen-bond donors (Lipinski definition) is 1. The molecule has 1 fully saturated rings. The number of nitrogens with zero attached hydrogens (tertiary/aromatic N) is 3. The lowest BCUT2D eigenvalue weighted by molar-refractivity contribution is -0.138. The number of aryl methyl sites for hydroxylation is 1. The summed E-state index contributed by atoms with van der Waals surface area (Å²) in [6.07, 6.45) is 4.15. The zero-order valence-electron chi connectivity index (χ0n) is 17.2. The first-order chi connectivity index (χ1) is 14.5. The van der Waals surface area contributed by atoms with Crippen LogP contribution < -0.4 is 5.32 Å². The number of piperazine rings is 1. The van der Waals surface area contributed by atoms with Crippen LogP contribution in [0, 0.1) is 5.82 Å². The predicted molar refractivity (Wildman–Crippen MR) is 108 cm³/mol. The Labute approximate surface area is 175 Å². The van der Waals surface area contributed by atoms with E-state index >= 15 is 0 Å². The quantitative estimate of drug-likeness (QED) is 0.783. The zero-order valence-corrected chi connectivity index (χ0v) is 17.2. The molecule has 7 nitrogen and oxygen atoms in total. The van der Waals surface area contributed by atoms with Crippen molar-refractivity contribution in [1.29, 1.82) is 0 Å². The van der Waals surface area contributed by atoms with Gasteiger partial charge in [-0.25, -0.2) is 4.39 Å². The second-order valence-corrected chi connectivity index (χ2v) is 8.10. The van der Waals surface area contributed by atoms with Gasteiger partial charge in [0.2, 0.25) is 11.8 Å². The van der Waals surface area contributed by atoms with Crippen LogP contribution in [0.3, 0.4) is 0 Å². The van der Waals surface area contributed by atoms with Crippen LogP contribution in [0.5, 0.6) is 0 Å². The maximum atomic E-state index is 13.2. The molecule has 1 aromatic carbocycles. The topological polar surface area (TPSA) is 78.7 Å². The summed E-state index contributed by atoms with van der Waals surface area (Å²) in [6.45, 7) is 2.04. The number of rotatable bonds is 6. The van der Waals surface area contributed by atoms with E-state index in [9.17, 15) is 14.0 Å². The largest absolute Gasteiger partial charge is 0.361 e. The maximum Gasteiger partial charge on any atom is 0.237 e. The van der Waals surface area contributed by atoms with Gasteiger partial charge in [0.05, 0.1) is 19.0 Å². The molecule has 2 heterocycles. The standard InChI is InChI=1S/C22H27FN4O3/c1-26(14-18-17-4-2-3-5-20(17)30-25-18)21(28)12-19-22(29)24-10-11-27(19)13-15-6-8-16(23)9-7-15/h6-9,19H,2-5,10-14H2,1H3,(H,24,29)/t19-/m1/s1. The van der Waals surface area contributed by atoms with Crippen molar-refractivity contribution in [1.82, 2.24) is 20.3 Å². The molecule has 8 heteroatoms. The van der Waals surface area contributed by atoms with E-state index in [0.717, 1.165) is 48.3 Å². The number of carbonyl (C=O) groups excluding carboxylic acids is 2. The van der Waals surface area contributed by atoms with Crippen molar-refractivity contribution in [3.8, 4) is 0 Å². The molecule has 0 radical (unpaired) electrons. The van der Waals surface area contributed by atoms with Crippen molar-refractivity contribution in [3.05, 3.63) is 52.7 Å². The summed E-state index contributed by atoms with van der Waals surface area (Å²) in [7, 11) is 1.73. The zero-order chi connectivity index (χ0) is 21.1. The molecule has 2 aliphatic rings. The minimum Gasteiger partial charge on any atom is -0.361 e. The van der Waals surface area contributed by atoms with Crippen molar-refractivity contribution in [3.63, 3.8) is 0 Å². The number of nitrogens with one attached hydrogen (secondary N) is 1. The molecular weight excluding hydrogens is 387 g/mol. The van der Waals surface area contributed by atoms with Gasteiger partial charge in [0.15, 0.2) is 0 Å². The Morgan fingerprint density at radius 3 is 2.87 bits per heavy atom. The summed E-state index contributed by atoms with van der Waals surface area (Å²) in [4.78, 5) is 29.0. The molecule has 1 N–H and O–H groups in total. The first kappa shape index (κ1) is 20.5. The fourth-order valence-electron chi connectivity index (χ4n) is 4.20. The van der Waals surface area contributed by atoms with Crippen LogP contribution >= 0.6 is 0 Å². The molecule has 160 valence electrons. The molecule has 1 aromatic heterocycles. The van der Waals surface area contributed by atoms with Crippen LogP contribution in [-0.4, -0.2) is 52.9 Å². The second-order valence-electron chi connectivity index (χ2n) is 8.10. The highest BCUT2D eigenvalue weighted by molar-refractivity contribution is 5.88. The van der Waals surface area contributed by atoms with E-state index in [1.54, 1.807) is 24.1 Å². The Morgan fingerprint density at radius 2 is 2.07 bits per heavy atom. The van der Waals surface area contributed by atoms with E-state index in [2.05, 4.69) is 10.5 Å². The van der Waals surface area contributed by atoms with Crippen molar-refractivity contribution in [2.45, 2.75) is 51.2 Å². The van der Waals surface area contributed by atoms with E-state index in [0.29, 0.717) is 26.2 Å². The molecule has 0 saturated carbocycles. The van der Waals surface area contributed by atoms with Crippen molar-refractivity contribution in [2.75, 3.05) is 20.1 Å². The molecular formula is C22H27FN4O3. The summed E-state index contributed by atoms with van der Waals surface area (Å²) >= 11 is 0. The first-order valence-electron chi connectivity index (χ1n) is 10.5. The highest BCUT2D eigenvalue weighted by Crippen LogP contribution is 2.25. The third kappa shape index (κ3) is 4.53. The first-order valence-corrected chi connectivity index (χ1v) is 10.5. The Kier molecular flexibility index (Phi) is 6.13. The second kappa shape index (κ2) is 8.95. The molecule has 1 atom stereocenters. The average Bonchev–Trinajstić information content (AvgIpc) is 3.15. The summed E-state index contributed by atoms with van der Waals surface area (Å²) in [5, 5.41) is 7.02. The van der Waals surface area contributed by atoms with Crippen LogP contribution in [0.25, 0.3) is 0 Å². The van der Waals surface area contributed by atoms with Crippen molar-refractivity contribution in [2.24, 2.45) is 0 Å². The Bertz CT molecular complexity index is 912. The van der Waals surface area contributed by atoms with Crippen LogP contribution in [0.15, 0.2) is 28.8 Å². The van der Waals surface area contributed by atoms with E-state index < -0.39 is 6.04 Å². The van der Waals surface area contributed by atoms with E-state index in [4.69, 9.17) is 4.52 Å². The van der Waals surface area contributed by atoms with Gasteiger partial charge in [-0.2, -0.15) is 0 Å². The van der Waals surface area contributed by atoms with Gasteiger partial charge in [0.25, 0.3) is 0 Å². The SMILES string of the molecule is CN(Cc1noc2c1CCCC2)C(=O)C[C@@H]1C(=O)NCCN1Cc1ccc(F)cc1. The monoisotopic (exact) mass is 414 g/mol. The summed E-state index contributed by atoms with van der Waals surface area (Å²) in [5.41, 5.74) is 2.86. The Hall–Kier alpha value is -2.74. The van der Waals surface area contributed by atoms with E-state index in [1.165, 1.54) is 12.1 Å². The summed E-state index contributed by atoms with van der Waals surface area (Å²) in [5.74, 6) is 0.380. The van der Waals surface area contributed by atoms with Crippen LogP contribution in [0.4, 0.5) is 4.39 Å². The van der Waals surface area contributed by atoms with Gasteiger partial charge < -0.3 is 14.7 Å². The lowest BCUT2D eigenvalue weighted by atomic mass is 9.96. The fraction of sp³-hybridized carbons (Fsp3) is 0.500. The third-order valence-electron chi connectivity index (χ3n) is 5.95. The number of fused-ring (bicyclic) bond motifs is 1. The molecule has 1 aliphatic carbocycles. The van der Waals surface area contributed by atoms with E-state index in [1.807, 2.05) is 4.90 Å². The summed E-state index contributed by atoms with van der Waals surface area (Å²) < 4.78 is 18.6. The number of aromatic nitrogens is 1. The smallest absolute Gasteiger partial charge is 0.237 e. The lowest BCUT2D eigenvalue weighted by Gasteiger charge is -2.35. The van der Waals surface area contributed by atoms with E-state index in [-0.39, 0.29) is 24.1 Å². The summed E-state index contributed by atoms with van der Waals surface area (Å²) in [6, 6.07) is 5.68. The van der Waals surface area contributed by atoms with Gasteiger partial charge in [-0.1, -0.05) is 17.3 Å². The van der Waals surface area contributed by atoms with Crippen LogP contribution in [0.2, 0.25) is 0 Å². The van der Waals surface area contributed by atoms with Crippen LogP contribution in [-0.2, 0) is 35.5 Å². The normalized spacial score (nSPS) is 19.3. The molecule has 0 bridgehead atoms. The lowest BCUT2D eigenvalue weighted by Crippen LogP contribution is -2.56. The molecule has 0 unspecified atom stereocenters. The van der Waals surface area contributed by atoms with Gasteiger partial charge in [-0.05, 0) is 37.0 Å². The molecule has 4 rings (SSSR count). The molecule has 1 aliphatic heterocycles. The molecule has 1 saturated heterocycles. The number of benzene rings is 1. The van der Waals surface area contributed by atoms with Gasteiger partial charge in [0.1, 0.15) is 17.3 Å². The Balaban J connectivity index is 1.40. The minimum absolute atomic E-state index is 0.0869. The number of halogens is 1. The van der Waals surface area contributed by atoms with Gasteiger partial charge in [-0.3, -0.25) is 14.5 Å². The average molecular weight is 414 g/mol. The number of hydrogen-bond acceptors (Lipinski definition) is 5. The molecule has 30 heavy (non-hydrogen) atoms. The molecule has 0 spiro atoms. The Morgan fingerprint density at radius 1 is 1.30 bits per heavy atom. The fourth-order valence-corrected chi connectivity index (χ4v) is 4.20. The highest BCUT2D eigenvalue weighted by Gasteiger charge is 2.33. The highest BCUT2D eigenvalue weighted by atomic mass is 19.1. The number of amides is 2. The maximum absolute atomic E-state index is 13.2.